The Kier molecular flexibility index (Phi) is 1.57. The predicted molar refractivity (Wildman–Crippen MR) is 45.1 cm³/mol. The summed E-state index contributed by atoms with van der Waals surface area (Å²) in [4.78, 5) is 10.1. The first kappa shape index (κ1) is 7.28. The molecule has 1 aromatic rings. The van der Waals surface area contributed by atoms with Crippen LogP contribution in [0.25, 0.3) is 0 Å². The number of benzene rings is 1. The van der Waals surface area contributed by atoms with Crippen LogP contribution >= 0.6 is 0 Å². The molecule has 0 saturated heterocycles. The van der Waals surface area contributed by atoms with E-state index in [2.05, 4.69) is 0 Å². The van der Waals surface area contributed by atoms with Crippen molar-refractivity contribution >= 4 is 5.69 Å². The van der Waals surface area contributed by atoms with Gasteiger partial charge >= 0.3 is 0 Å². The van der Waals surface area contributed by atoms with E-state index in [1.54, 1.807) is 12.1 Å². The number of fused-ring (bicyclic) bond motifs is 1. The van der Waals surface area contributed by atoms with Crippen molar-refractivity contribution in [3.05, 3.63) is 39.4 Å². The second-order valence-electron chi connectivity index (χ2n) is 3.06. The Morgan fingerprint density at radius 2 is 2.00 bits per heavy atom. The van der Waals surface area contributed by atoms with Gasteiger partial charge in [0.15, 0.2) is 0 Å². The Morgan fingerprint density at radius 1 is 1.25 bits per heavy atom. The minimum absolute atomic E-state index is 0.218. The molecule has 0 fully saturated rings. The number of nitro benzene ring substituents is 1. The average molecular weight is 163 g/mol. The van der Waals surface area contributed by atoms with Gasteiger partial charge in [0.25, 0.3) is 5.69 Å². The number of rotatable bonds is 1. The van der Waals surface area contributed by atoms with Crippen LogP contribution in [0.3, 0.4) is 0 Å². The average Bonchev–Trinajstić information content (AvgIpc) is 2.49. The molecule has 0 aromatic heterocycles. The zero-order valence-corrected chi connectivity index (χ0v) is 6.62. The van der Waals surface area contributed by atoms with Crippen molar-refractivity contribution in [2.24, 2.45) is 0 Å². The first-order valence-electron chi connectivity index (χ1n) is 4.03. The van der Waals surface area contributed by atoms with Crippen LogP contribution in [0, 0.1) is 10.1 Å². The molecule has 0 amide bonds. The van der Waals surface area contributed by atoms with Crippen molar-refractivity contribution in [1.82, 2.24) is 0 Å². The minimum Gasteiger partial charge on any atom is -0.258 e. The lowest BCUT2D eigenvalue weighted by Crippen LogP contribution is -1.89. The molecule has 0 unspecified atom stereocenters. The van der Waals surface area contributed by atoms with Crippen LogP contribution in [0.15, 0.2) is 18.2 Å². The standard InChI is InChI=1S/C9H9NO2/c11-10(12)9-5-4-7-2-1-3-8(7)6-9/h4-6H,1-3H2. The van der Waals surface area contributed by atoms with Crippen LogP contribution < -0.4 is 0 Å². The lowest BCUT2D eigenvalue weighted by Gasteiger charge is -1.96. The number of hydrogen-bond acceptors (Lipinski definition) is 2. The quantitative estimate of drug-likeness (QED) is 0.470. The van der Waals surface area contributed by atoms with Crippen molar-refractivity contribution in [1.29, 1.82) is 0 Å². The van der Waals surface area contributed by atoms with E-state index in [1.165, 1.54) is 5.56 Å². The van der Waals surface area contributed by atoms with Gasteiger partial charge in [0.05, 0.1) is 4.92 Å². The first-order chi connectivity index (χ1) is 5.77. The summed E-state index contributed by atoms with van der Waals surface area (Å²) in [6.45, 7) is 0. The van der Waals surface area contributed by atoms with E-state index in [0.29, 0.717) is 0 Å². The molecule has 1 aromatic carbocycles. The molecule has 0 aliphatic heterocycles. The van der Waals surface area contributed by atoms with E-state index in [-0.39, 0.29) is 10.6 Å². The van der Waals surface area contributed by atoms with E-state index < -0.39 is 0 Å². The maximum atomic E-state index is 10.4. The summed E-state index contributed by atoms with van der Waals surface area (Å²) >= 11 is 0. The molecule has 1 aliphatic rings. The fourth-order valence-corrected chi connectivity index (χ4v) is 1.67. The van der Waals surface area contributed by atoms with Gasteiger partial charge in [0, 0.05) is 12.1 Å². The molecule has 0 saturated carbocycles. The van der Waals surface area contributed by atoms with Crippen LogP contribution in [-0.4, -0.2) is 4.92 Å². The van der Waals surface area contributed by atoms with Gasteiger partial charge in [0.2, 0.25) is 0 Å². The number of non-ortho nitro benzene ring substituents is 1. The largest absolute Gasteiger partial charge is 0.269 e. The first-order valence-corrected chi connectivity index (χ1v) is 4.03. The molecule has 0 spiro atoms. The zero-order chi connectivity index (χ0) is 8.55. The topological polar surface area (TPSA) is 43.1 Å². The summed E-state index contributed by atoms with van der Waals surface area (Å²) in [7, 11) is 0. The van der Waals surface area contributed by atoms with E-state index in [9.17, 15) is 10.1 Å². The van der Waals surface area contributed by atoms with Gasteiger partial charge in [-0.15, -0.1) is 0 Å². The highest BCUT2D eigenvalue weighted by molar-refractivity contribution is 5.41. The van der Waals surface area contributed by atoms with Crippen molar-refractivity contribution in [3.8, 4) is 0 Å². The summed E-state index contributed by atoms with van der Waals surface area (Å²) < 4.78 is 0. The molecule has 2 rings (SSSR count). The van der Waals surface area contributed by atoms with Gasteiger partial charge in [-0.25, -0.2) is 0 Å². The Bertz CT molecular complexity index is 333. The van der Waals surface area contributed by atoms with Gasteiger partial charge in [0.1, 0.15) is 0 Å². The molecule has 12 heavy (non-hydrogen) atoms. The molecular weight excluding hydrogens is 154 g/mol. The monoisotopic (exact) mass is 163 g/mol. The molecule has 0 heterocycles. The maximum absolute atomic E-state index is 10.4. The summed E-state index contributed by atoms with van der Waals surface area (Å²) in [6, 6.07) is 5.16. The Balaban J connectivity index is 2.45. The maximum Gasteiger partial charge on any atom is 0.269 e. The van der Waals surface area contributed by atoms with E-state index in [1.807, 2.05) is 6.07 Å². The van der Waals surface area contributed by atoms with Gasteiger partial charge in [-0.2, -0.15) is 0 Å². The van der Waals surface area contributed by atoms with Gasteiger partial charge in [-0.05, 0) is 30.4 Å². The van der Waals surface area contributed by atoms with Crippen LogP contribution in [0.2, 0.25) is 0 Å². The third-order valence-corrected chi connectivity index (χ3v) is 2.29. The van der Waals surface area contributed by atoms with E-state index in [4.69, 9.17) is 0 Å². The van der Waals surface area contributed by atoms with E-state index in [0.717, 1.165) is 24.8 Å². The van der Waals surface area contributed by atoms with Crippen molar-refractivity contribution in [2.45, 2.75) is 19.3 Å². The minimum atomic E-state index is -0.335. The molecule has 0 atom stereocenters. The molecule has 62 valence electrons. The second-order valence-corrected chi connectivity index (χ2v) is 3.06. The third-order valence-electron chi connectivity index (χ3n) is 2.29. The summed E-state index contributed by atoms with van der Waals surface area (Å²) in [5, 5.41) is 10.4. The number of nitrogens with zero attached hydrogens (tertiary/aromatic N) is 1. The van der Waals surface area contributed by atoms with Gasteiger partial charge < -0.3 is 0 Å². The Morgan fingerprint density at radius 3 is 2.75 bits per heavy atom. The Hall–Kier alpha value is -1.38. The van der Waals surface area contributed by atoms with Gasteiger partial charge in [-0.3, -0.25) is 10.1 Å². The molecule has 3 nitrogen and oxygen atoms in total. The Labute approximate surface area is 70.2 Å². The van der Waals surface area contributed by atoms with Crippen LogP contribution in [0.4, 0.5) is 5.69 Å². The summed E-state index contributed by atoms with van der Waals surface area (Å²) in [5.41, 5.74) is 2.65. The predicted octanol–water partition coefficient (Wildman–Crippen LogP) is 2.08. The highest BCUT2D eigenvalue weighted by Gasteiger charge is 2.14. The molecule has 1 aliphatic carbocycles. The fourth-order valence-electron chi connectivity index (χ4n) is 1.67. The number of hydrogen-bond donors (Lipinski definition) is 0. The van der Waals surface area contributed by atoms with Crippen LogP contribution in [0.5, 0.6) is 0 Å². The molecule has 0 bridgehead atoms. The molecule has 3 heteroatoms. The van der Waals surface area contributed by atoms with Crippen molar-refractivity contribution < 1.29 is 4.92 Å². The fraction of sp³-hybridized carbons (Fsp3) is 0.333. The zero-order valence-electron chi connectivity index (χ0n) is 6.62. The molecule has 0 N–H and O–H groups in total. The molecule has 0 radical (unpaired) electrons. The smallest absolute Gasteiger partial charge is 0.258 e. The van der Waals surface area contributed by atoms with Gasteiger partial charge in [-0.1, -0.05) is 6.07 Å². The van der Waals surface area contributed by atoms with Crippen LogP contribution in [0.1, 0.15) is 17.5 Å². The summed E-state index contributed by atoms with van der Waals surface area (Å²) in [6.07, 6.45) is 3.21. The van der Waals surface area contributed by atoms with Crippen LogP contribution in [-0.2, 0) is 12.8 Å². The normalized spacial score (nSPS) is 14.3. The highest BCUT2D eigenvalue weighted by Crippen LogP contribution is 2.25. The second kappa shape index (κ2) is 2.59. The van der Waals surface area contributed by atoms with Crippen molar-refractivity contribution in [2.75, 3.05) is 0 Å². The third kappa shape index (κ3) is 1.07. The summed E-state index contributed by atoms with van der Waals surface area (Å²) in [5.74, 6) is 0. The van der Waals surface area contributed by atoms with Crippen molar-refractivity contribution in [3.63, 3.8) is 0 Å². The highest BCUT2D eigenvalue weighted by atomic mass is 16.6. The lowest BCUT2D eigenvalue weighted by molar-refractivity contribution is -0.384. The SMILES string of the molecule is O=[N+]([O-])c1ccc2c(c1)CCC2. The number of aryl methyl sites for hydroxylation is 2. The molecular formula is C9H9NO2. The number of nitro groups is 1. The van der Waals surface area contributed by atoms with E-state index >= 15 is 0 Å². The lowest BCUT2D eigenvalue weighted by atomic mass is 10.1.